The molecule has 1 aromatic rings. The third kappa shape index (κ3) is 2.93. The first-order valence-electron chi connectivity index (χ1n) is 6.48. The van der Waals surface area contributed by atoms with E-state index in [9.17, 15) is 0 Å². The van der Waals surface area contributed by atoms with Crippen LogP contribution in [0.4, 0.5) is 5.69 Å². The van der Waals surface area contributed by atoms with Crippen LogP contribution in [0.1, 0.15) is 31.7 Å². The number of nitrogens with two attached hydrogens (primary N) is 1. The molecule has 0 saturated heterocycles. The zero-order valence-corrected chi connectivity index (χ0v) is 11.2. The van der Waals surface area contributed by atoms with Gasteiger partial charge in [-0.2, -0.15) is 0 Å². The first-order chi connectivity index (χ1) is 8.24. The quantitative estimate of drug-likeness (QED) is 0.870. The van der Waals surface area contributed by atoms with E-state index in [1.165, 1.54) is 24.9 Å². The highest BCUT2D eigenvalue weighted by atomic mass is 35.5. The lowest BCUT2D eigenvalue weighted by Crippen LogP contribution is -2.32. The van der Waals surface area contributed by atoms with Crippen LogP contribution in [0.15, 0.2) is 18.2 Å². The molecule has 0 aromatic heterocycles. The summed E-state index contributed by atoms with van der Waals surface area (Å²) in [5.41, 5.74) is 7.87. The van der Waals surface area contributed by atoms with Gasteiger partial charge in [0.15, 0.2) is 0 Å². The molecule has 0 aliphatic heterocycles. The third-order valence-corrected chi connectivity index (χ3v) is 4.06. The van der Waals surface area contributed by atoms with Crippen LogP contribution in [-0.2, 0) is 6.54 Å². The Hall–Kier alpha value is -0.730. The first kappa shape index (κ1) is 12.7. The lowest BCUT2D eigenvalue weighted by molar-refractivity contribution is 0.318. The monoisotopic (exact) mass is 252 g/mol. The standard InChI is InChI=1S/C14H21ClN2/c1-2-17(10-11-4-3-5-11)13-7-6-12(9-16)14(15)8-13/h6-8,11H,2-5,9-10,16H2,1H3. The maximum absolute atomic E-state index is 6.21. The Kier molecular flexibility index (Phi) is 4.30. The molecule has 0 unspecified atom stereocenters. The van der Waals surface area contributed by atoms with Gasteiger partial charge in [0.1, 0.15) is 0 Å². The summed E-state index contributed by atoms with van der Waals surface area (Å²) in [5, 5.41) is 0.789. The van der Waals surface area contributed by atoms with E-state index in [-0.39, 0.29) is 0 Å². The molecule has 0 spiro atoms. The molecular weight excluding hydrogens is 232 g/mol. The van der Waals surface area contributed by atoms with Crippen molar-refractivity contribution in [1.29, 1.82) is 0 Å². The van der Waals surface area contributed by atoms with Crippen molar-refractivity contribution < 1.29 is 0 Å². The summed E-state index contributed by atoms with van der Waals surface area (Å²) in [4.78, 5) is 2.41. The van der Waals surface area contributed by atoms with Gasteiger partial charge in [0.2, 0.25) is 0 Å². The minimum atomic E-state index is 0.508. The van der Waals surface area contributed by atoms with Crippen LogP contribution in [0, 0.1) is 5.92 Å². The van der Waals surface area contributed by atoms with Gasteiger partial charge in [-0.15, -0.1) is 0 Å². The molecule has 0 bridgehead atoms. The van der Waals surface area contributed by atoms with E-state index in [0.29, 0.717) is 6.54 Å². The van der Waals surface area contributed by atoms with Crippen LogP contribution < -0.4 is 10.6 Å². The second kappa shape index (κ2) is 5.74. The van der Waals surface area contributed by atoms with Crippen LogP contribution in [0.3, 0.4) is 0 Å². The summed E-state index contributed by atoms with van der Waals surface area (Å²) in [6.45, 7) is 4.90. The second-order valence-corrected chi connectivity index (χ2v) is 5.22. The Labute approximate surface area is 109 Å². The van der Waals surface area contributed by atoms with Crippen molar-refractivity contribution in [3.8, 4) is 0 Å². The van der Waals surface area contributed by atoms with E-state index < -0.39 is 0 Å². The molecule has 2 rings (SSSR count). The number of hydrogen-bond donors (Lipinski definition) is 1. The van der Waals surface area contributed by atoms with Crippen molar-refractivity contribution in [3.63, 3.8) is 0 Å². The molecule has 0 amide bonds. The van der Waals surface area contributed by atoms with Gasteiger partial charge < -0.3 is 10.6 Å². The van der Waals surface area contributed by atoms with Gasteiger partial charge in [-0.25, -0.2) is 0 Å². The summed E-state index contributed by atoms with van der Waals surface area (Å²) in [6, 6.07) is 6.23. The summed E-state index contributed by atoms with van der Waals surface area (Å²) in [5.74, 6) is 0.878. The van der Waals surface area contributed by atoms with Gasteiger partial charge in [-0.3, -0.25) is 0 Å². The molecule has 17 heavy (non-hydrogen) atoms. The number of halogens is 1. The fourth-order valence-electron chi connectivity index (χ4n) is 2.30. The second-order valence-electron chi connectivity index (χ2n) is 4.82. The van der Waals surface area contributed by atoms with Crippen LogP contribution in [0.5, 0.6) is 0 Å². The van der Waals surface area contributed by atoms with E-state index in [4.69, 9.17) is 17.3 Å². The van der Waals surface area contributed by atoms with Crippen molar-refractivity contribution in [3.05, 3.63) is 28.8 Å². The van der Waals surface area contributed by atoms with Gasteiger partial charge in [0, 0.05) is 30.3 Å². The third-order valence-electron chi connectivity index (χ3n) is 3.71. The topological polar surface area (TPSA) is 29.3 Å². The minimum absolute atomic E-state index is 0.508. The summed E-state index contributed by atoms with van der Waals surface area (Å²) in [7, 11) is 0. The normalized spacial score (nSPS) is 15.7. The zero-order valence-electron chi connectivity index (χ0n) is 10.5. The molecule has 0 heterocycles. The summed E-state index contributed by atoms with van der Waals surface area (Å²) in [6.07, 6.45) is 4.16. The Balaban J connectivity index is 2.09. The van der Waals surface area contributed by atoms with Crippen LogP contribution >= 0.6 is 11.6 Å². The van der Waals surface area contributed by atoms with Gasteiger partial charge in [0.05, 0.1) is 0 Å². The molecule has 94 valence electrons. The average Bonchev–Trinajstić information content (AvgIpc) is 2.28. The number of hydrogen-bond acceptors (Lipinski definition) is 2. The molecule has 1 aliphatic carbocycles. The largest absolute Gasteiger partial charge is 0.371 e. The van der Waals surface area contributed by atoms with Crippen molar-refractivity contribution in [2.24, 2.45) is 11.7 Å². The molecule has 1 saturated carbocycles. The highest BCUT2D eigenvalue weighted by Crippen LogP contribution is 2.30. The molecule has 1 aliphatic rings. The number of anilines is 1. The van der Waals surface area contributed by atoms with Crippen molar-refractivity contribution in [1.82, 2.24) is 0 Å². The SMILES string of the molecule is CCN(CC1CCC1)c1ccc(CN)c(Cl)c1. The predicted octanol–water partition coefficient (Wildman–Crippen LogP) is 3.43. The van der Waals surface area contributed by atoms with E-state index in [1.807, 2.05) is 12.1 Å². The predicted molar refractivity (Wildman–Crippen MR) is 74.6 cm³/mol. The highest BCUT2D eigenvalue weighted by molar-refractivity contribution is 6.31. The molecule has 1 aromatic carbocycles. The smallest absolute Gasteiger partial charge is 0.0471 e. The molecular formula is C14H21ClN2. The highest BCUT2D eigenvalue weighted by Gasteiger charge is 2.20. The molecule has 2 N–H and O–H groups in total. The van der Waals surface area contributed by atoms with E-state index in [0.717, 1.165) is 29.6 Å². The maximum Gasteiger partial charge on any atom is 0.0471 e. The van der Waals surface area contributed by atoms with E-state index in [1.54, 1.807) is 0 Å². The minimum Gasteiger partial charge on any atom is -0.371 e. The molecule has 2 nitrogen and oxygen atoms in total. The Morgan fingerprint density at radius 2 is 2.18 bits per heavy atom. The van der Waals surface area contributed by atoms with Gasteiger partial charge in [-0.05, 0) is 43.4 Å². The van der Waals surface area contributed by atoms with Crippen LogP contribution in [0.25, 0.3) is 0 Å². The van der Waals surface area contributed by atoms with Crippen LogP contribution in [0.2, 0.25) is 5.02 Å². The van der Waals surface area contributed by atoms with Crippen molar-refractivity contribution in [2.75, 3.05) is 18.0 Å². The molecule has 1 fully saturated rings. The first-order valence-corrected chi connectivity index (χ1v) is 6.85. The molecule has 0 atom stereocenters. The summed E-state index contributed by atoms with van der Waals surface area (Å²) < 4.78 is 0. The Morgan fingerprint density at radius 3 is 2.65 bits per heavy atom. The summed E-state index contributed by atoms with van der Waals surface area (Å²) >= 11 is 6.21. The van der Waals surface area contributed by atoms with E-state index >= 15 is 0 Å². The van der Waals surface area contributed by atoms with E-state index in [2.05, 4.69) is 17.9 Å². The fourth-order valence-corrected chi connectivity index (χ4v) is 2.55. The maximum atomic E-state index is 6.21. The van der Waals surface area contributed by atoms with Crippen molar-refractivity contribution in [2.45, 2.75) is 32.7 Å². The van der Waals surface area contributed by atoms with Gasteiger partial charge in [-0.1, -0.05) is 24.1 Å². The van der Waals surface area contributed by atoms with Gasteiger partial charge >= 0.3 is 0 Å². The molecule has 0 radical (unpaired) electrons. The average molecular weight is 253 g/mol. The lowest BCUT2D eigenvalue weighted by atomic mass is 9.85. The Morgan fingerprint density at radius 1 is 1.41 bits per heavy atom. The van der Waals surface area contributed by atoms with Gasteiger partial charge in [0.25, 0.3) is 0 Å². The lowest BCUT2D eigenvalue weighted by Gasteiger charge is -2.33. The fraction of sp³-hybridized carbons (Fsp3) is 0.571. The van der Waals surface area contributed by atoms with Crippen molar-refractivity contribution >= 4 is 17.3 Å². The Bertz CT molecular complexity index is 374. The number of rotatable bonds is 5. The van der Waals surface area contributed by atoms with Crippen LogP contribution in [-0.4, -0.2) is 13.1 Å². The number of nitrogens with zero attached hydrogens (tertiary/aromatic N) is 1. The number of benzene rings is 1. The zero-order chi connectivity index (χ0) is 12.3. The molecule has 3 heteroatoms.